The number of nitro groups is 1. The second-order valence-electron chi connectivity index (χ2n) is 3.14. The smallest absolute Gasteiger partial charge is 0.342 e. The molecule has 1 aromatic rings. The van der Waals surface area contributed by atoms with Crippen molar-refractivity contribution in [3.05, 3.63) is 45.5 Å². The van der Waals surface area contributed by atoms with Gasteiger partial charge in [0.05, 0.1) is 4.92 Å². The predicted molar refractivity (Wildman–Crippen MR) is 59.8 cm³/mol. The second kappa shape index (κ2) is 5.55. The zero-order valence-corrected chi connectivity index (χ0v) is 8.70. The fraction of sp³-hybridized carbons (Fsp3) is 0.0909. The lowest BCUT2D eigenvalue weighted by molar-refractivity contribution is -0.385. The van der Waals surface area contributed by atoms with Crippen molar-refractivity contribution in [2.45, 2.75) is 6.42 Å². The number of hydrogen-bond donors (Lipinski definition) is 1. The highest BCUT2D eigenvalue weighted by Crippen LogP contribution is 2.20. The first kappa shape index (κ1) is 12.6. The van der Waals surface area contributed by atoms with Gasteiger partial charge in [0.1, 0.15) is 11.8 Å². The number of nitrogens with zero attached hydrogens (tertiary/aromatic N) is 1. The van der Waals surface area contributed by atoms with Crippen molar-refractivity contribution in [1.29, 1.82) is 0 Å². The molecule has 0 saturated carbocycles. The van der Waals surface area contributed by atoms with Crippen molar-refractivity contribution in [3.63, 3.8) is 0 Å². The lowest BCUT2D eigenvalue weighted by Crippen LogP contribution is -2.02. The van der Waals surface area contributed by atoms with Gasteiger partial charge in [-0.3, -0.25) is 10.1 Å². The minimum atomic E-state index is -1.36. The third-order valence-corrected chi connectivity index (χ3v) is 1.99. The summed E-state index contributed by atoms with van der Waals surface area (Å²) in [5, 5.41) is 19.4. The molecule has 0 aliphatic rings. The fourth-order valence-electron chi connectivity index (χ4n) is 1.25. The van der Waals surface area contributed by atoms with Gasteiger partial charge in [0, 0.05) is 12.5 Å². The Kier molecular flexibility index (Phi) is 4.10. The highest BCUT2D eigenvalue weighted by atomic mass is 16.6. The van der Waals surface area contributed by atoms with Gasteiger partial charge < -0.3 is 9.90 Å². The molecule has 1 rings (SSSR count). The Bertz CT molecular complexity index is 493. The average Bonchev–Trinajstić information content (AvgIpc) is 2.29. The monoisotopic (exact) mass is 235 g/mol. The van der Waals surface area contributed by atoms with Crippen LogP contribution in [-0.2, 0) is 4.79 Å². The number of rotatable bonds is 5. The molecule has 0 bridgehead atoms. The normalized spacial score (nSPS) is 10.4. The van der Waals surface area contributed by atoms with E-state index in [1.165, 1.54) is 18.2 Å². The van der Waals surface area contributed by atoms with Gasteiger partial charge in [-0.1, -0.05) is 12.2 Å². The van der Waals surface area contributed by atoms with Crippen molar-refractivity contribution >= 4 is 24.0 Å². The van der Waals surface area contributed by atoms with E-state index in [0.717, 1.165) is 6.07 Å². The number of carbonyl (C=O) groups excluding carboxylic acids is 1. The van der Waals surface area contributed by atoms with Crippen LogP contribution in [-0.4, -0.2) is 22.3 Å². The molecule has 0 aliphatic heterocycles. The van der Waals surface area contributed by atoms with E-state index in [9.17, 15) is 19.7 Å². The molecule has 17 heavy (non-hydrogen) atoms. The molecule has 0 unspecified atom stereocenters. The molecule has 0 aromatic heterocycles. The van der Waals surface area contributed by atoms with Gasteiger partial charge >= 0.3 is 5.97 Å². The Morgan fingerprint density at radius 2 is 2.18 bits per heavy atom. The van der Waals surface area contributed by atoms with Gasteiger partial charge in [-0.25, -0.2) is 4.79 Å². The van der Waals surface area contributed by atoms with Crippen LogP contribution >= 0.6 is 0 Å². The van der Waals surface area contributed by atoms with Crippen LogP contribution in [0.1, 0.15) is 22.3 Å². The molecule has 88 valence electrons. The predicted octanol–water partition coefficient (Wildman–Crippen LogP) is 1.90. The average molecular weight is 235 g/mol. The zero-order valence-electron chi connectivity index (χ0n) is 8.70. The van der Waals surface area contributed by atoms with E-state index in [1.807, 2.05) is 0 Å². The van der Waals surface area contributed by atoms with E-state index in [-0.39, 0.29) is 12.0 Å². The maximum atomic E-state index is 10.8. The van der Waals surface area contributed by atoms with E-state index < -0.39 is 16.6 Å². The van der Waals surface area contributed by atoms with Crippen LogP contribution in [0.25, 0.3) is 6.08 Å². The summed E-state index contributed by atoms with van der Waals surface area (Å²) in [5.74, 6) is -1.36. The van der Waals surface area contributed by atoms with Gasteiger partial charge in [0.2, 0.25) is 0 Å². The van der Waals surface area contributed by atoms with Crippen molar-refractivity contribution in [3.8, 4) is 0 Å². The molecule has 0 atom stereocenters. The largest absolute Gasteiger partial charge is 0.477 e. The van der Waals surface area contributed by atoms with Gasteiger partial charge in [0.25, 0.3) is 5.69 Å². The maximum absolute atomic E-state index is 10.8. The Morgan fingerprint density at radius 1 is 1.47 bits per heavy atom. The van der Waals surface area contributed by atoms with Gasteiger partial charge in [0.15, 0.2) is 0 Å². The Morgan fingerprint density at radius 3 is 2.71 bits per heavy atom. The second-order valence-corrected chi connectivity index (χ2v) is 3.14. The number of carboxylic acid groups (broad SMARTS) is 1. The number of nitro benzene ring substituents is 1. The molecule has 0 fully saturated rings. The molecule has 6 heteroatoms. The molecule has 0 saturated heterocycles. The quantitative estimate of drug-likeness (QED) is 0.477. The van der Waals surface area contributed by atoms with Gasteiger partial charge in [-0.2, -0.15) is 0 Å². The third-order valence-electron chi connectivity index (χ3n) is 1.99. The molecule has 1 N–H and O–H groups in total. The van der Waals surface area contributed by atoms with E-state index in [1.54, 1.807) is 6.08 Å². The van der Waals surface area contributed by atoms with Crippen LogP contribution < -0.4 is 0 Å². The van der Waals surface area contributed by atoms with E-state index in [0.29, 0.717) is 11.8 Å². The molecule has 0 aliphatic carbocycles. The lowest BCUT2D eigenvalue weighted by atomic mass is 10.1. The molecule has 1 aromatic carbocycles. The van der Waals surface area contributed by atoms with Gasteiger partial charge in [-0.15, -0.1) is 0 Å². The first-order valence-corrected chi connectivity index (χ1v) is 4.68. The van der Waals surface area contributed by atoms with E-state index in [2.05, 4.69) is 0 Å². The minimum absolute atomic E-state index is 0.208. The van der Waals surface area contributed by atoms with Gasteiger partial charge in [-0.05, 0) is 17.7 Å². The summed E-state index contributed by atoms with van der Waals surface area (Å²) >= 11 is 0. The highest BCUT2D eigenvalue weighted by molar-refractivity contribution is 5.93. The summed E-state index contributed by atoms with van der Waals surface area (Å²) in [5.41, 5.74) is -0.330. The van der Waals surface area contributed by atoms with E-state index in [4.69, 9.17) is 5.11 Å². The fourth-order valence-corrected chi connectivity index (χ4v) is 1.25. The number of carboxylic acids is 1. The molecule has 0 heterocycles. The number of benzene rings is 1. The van der Waals surface area contributed by atoms with Crippen molar-refractivity contribution < 1.29 is 19.6 Å². The van der Waals surface area contributed by atoms with Crippen LogP contribution in [0.5, 0.6) is 0 Å². The number of aromatic carboxylic acids is 1. The van der Waals surface area contributed by atoms with Crippen molar-refractivity contribution in [2.24, 2.45) is 0 Å². The highest BCUT2D eigenvalue weighted by Gasteiger charge is 2.19. The zero-order chi connectivity index (χ0) is 12.8. The molecular weight excluding hydrogens is 226 g/mol. The van der Waals surface area contributed by atoms with Crippen LogP contribution in [0.4, 0.5) is 5.69 Å². The topological polar surface area (TPSA) is 97.5 Å². The number of aldehydes is 1. The Balaban J connectivity index is 3.14. The third kappa shape index (κ3) is 3.23. The van der Waals surface area contributed by atoms with Crippen molar-refractivity contribution in [1.82, 2.24) is 0 Å². The molecule has 0 amide bonds. The SMILES string of the molecule is O=CCC=Cc1ccc([N+](=O)[O-])c(C(=O)O)c1. The summed E-state index contributed by atoms with van der Waals surface area (Å²) in [6.07, 6.45) is 3.98. The molecule has 6 nitrogen and oxygen atoms in total. The van der Waals surface area contributed by atoms with Crippen LogP contribution in [0.15, 0.2) is 24.3 Å². The minimum Gasteiger partial charge on any atom is -0.477 e. The summed E-state index contributed by atoms with van der Waals surface area (Å²) in [4.78, 5) is 30.7. The Labute approximate surface area is 96.3 Å². The first-order valence-electron chi connectivity index (χ1n) is 4.68. The molecular formula is C11H9NO5. The van der Waals surface area contributed by atoms with Crippen LogP contribution in [0.3, 0.4) is 0 Å². The number of carbonyl (C=O) groups is 2. The van der Waals surface area contributed by atoms with Crippen LogP contribution in [0, 0.1) is 10.1 Å². The Hall–Kier alpha value is -2.50. The maximum Gasteiger partial charge on any atom is 0.342 e. The van der Waals surface area contributed by atoms with Crippen molar-refractivity contribution in [2.75, 3.05) is 0 Å². The lowest BCUT2D eigenvalue weighted by Gasteiger charge is -1.99. The summed E-state index contributed by atoms with van der Waals surface area (Å²) in [6.45, 7) is 0. The molecule has 0 radical (unpaired) electrons. The number of allylic oxidation sites excluding steroid dienone is 1. The van der Waals surface area contributed by atoms with E-state index >= 15 is 0 Å². The summed E-state index contributed by atoms with van der Waals surface area (Å²) in [7, 11) is 0. The molecule has 0 spiro atoms. The van der Waals surface area contributed by atoms with Crippen LogP contribution in [0.2, 0.25) is 0 Å². The first-order chi connectivity index (χ1) is 8.06. The summed E-state index contributed by atoms with van der Waals surface area (Å²) < 4.78 is 0. The number of hydrogen-bond acceptors (Lipinski definition) is 4. The summed E-state index contributed by atoms with van der Waals surface area (Å²) in [6, 6.07) is 3.75. The standard InChI is InChI=1S/C11H9NO5/c13-6-2-1-3-8-4-5-10(12(16)17)9(7-8)11(14)15/h1,3-7H,2H2,(H,14,15).